The van der Waals surface area contributed by atoms with Crippen LogP contribution in [0.4, 0.5) is 10.8 Å². The summed E-state index contributed by atoms with van der Waals surface area (Å²) in [6.45, 7) is 4.03. The molecule has 1 saturated heterocycles. The Morgan fingerprint density at radius 2 is 2.20 bits per heavy atom. The van der Waals surface area contributed by atoms with Crippen molar-refractivity contribution < 1.29 is 9.53 Å². The predicted molar refractivity (Wildman–Crippen MR) is 99.5 cm³/mol. The molecule has 1 aromatic carbocycles. The molecule has 1 aliphatic carbocycles. The second kappa shape index (κ2) is 7.14. The van der Waals surface area contributed by atoms with E-state index in [0.29, 0.717) is 19.7 Å². The Hall–Kier alpha value is -1.92. The molecule has 1 N–H and O–H groups in total. The summed E-state index contributed by atoms with van der Waals surface area (Å²) >= 11 is 1.68. The third-order valence-electron chi connectivity index (χ3n) is 4.83. The number of rotatable bonds is 3. The van der Waals surface area contributed by atoms with E-state index in [1.807, 2.05) is 42.2 Å². The molecule has 1 aromatic heterocycles. The number of nitrogens with zero attached hydrogens (tertiary/aromatic N) is 2. The number of hydrogen-bond donors (Lipinski definition) is 1. The molecule has 1 unspecified atom stereocenters. The lowest BCUT2D eigenvalue weighted by atomic mass is 9.89. The number of carbonyl (C=O) groups excluding carboxylic acids is 1. The second-order valence-corrected chi connectivity index (χ2v) is 7.81. The number of carbonyl (C=O) groups is 1. The molecule has 1 aliphatic heterocycles. The fraction of sp³-hybridized carbons (Fsp3) is 0.474. The number of aryl methyl sites for hydroxylation is 1. The van der Waals surface area contributed by atoms with Crippen molar-refractivity contribution in [3.05, 3.63) is 40.9 Å². The third-order valence-corrected chi connectivity index (χ3v) is 5.88. The third kappa shape index (κ3) is 3.55. The molecule has 0 spiro atoms. The van der Waals surface area contributed by atoms with E-state index in [-0.39, 0.29) is 17.9 Å². The Kier molecular flexibility index (Phi) is 4.72. The van der Waals surface area contributed by atoms with Crippen LogP contribution in [0.1, 0.15) is 36.3 Å². The van der Waals surface area contributed by atoms with E-state index in [1.54, 1.807) is 11.3 Å². The van der Waals surface area contributed by atoms with Gasteiger partial charge in [-0.3, -0.25) is 4.79 Å². The average molecular weight is 357 g/mol. The highest BCUT2D eigenvalue weighted by atomic mass is 32.1. The quantitative estimate of drug-likeness (QED) is 0.913. The van der Waals surface area contributed by atoms with E-state index >= 15 is 0 Å². The summed E-state index contributed by atoms with van der Waals surface area (Å²) in [5.41, 5.74) is 2.01. The van der Waals surface area contributed by atoms with Gasteiger partial charge in [-0.15, -0.1) is 11.3 Å². The zero-order valence-corrected chi connectivity index (χ0v) is 15.2. The van der Waals surface area contributed by atoms with Crippen LogP contribution in [-0.4, -0.2) is 41.6 Å². The van der Waals surface area contributed by atoms with Gasteiger partial charge in [0.15, 0.2) is 5.13 Å². The zero-order valence-electron chi connectivity index (χ0n) is 14.4. The van der Waals surface area contributed by atoms with Gasteiger partial charge in [0, 0.05) is 23.7 Å². The number of fused-ring (bicyclic) bond motifs is 1. The van der Waals surface area contributed by atoms with Gasteiger partial charge in [-0.05, 0) is 38.3 Å². The number of morpholine rings is 1. The van der Waals surface area contributed by atoms with Gasteiger partial charge in [0.2, 0.25) is 5.91 Å². The molecular weight excluding hydrogens is 334 g/mol. The lowest BCUT2D eigenvalue weighted by Crippen LogP contribution is -2.46. The molecule has 2 heterocycles. The molecule has 1 amide bonds. The predicted octanol–water partition coefficient (Wildman–Crippen LogP) is 3.55. The minimum absolute atomic E-state index is 0.100. The van der Waals surface area contributed by atoms with Crippen molar-refractivity contribution in [3.8, 4) is 0 Å². The number of anilines is 2. The van der Waals surface area contributed by atoms with Gasteiger partial charge in [-0.1, -0.05) is 18.2 Å². The van der Waals surface area contributed by atoms with Crippen molar-refractivity contribution in [2.24, 2.45) is 0 Å². The fourth-order valence-electron chi connectivity index (χ4n) is 3.60. The van der Waals surface area contributed by atoms with Gasteiger partial charge in [0.25, 0.3) is 0 Å². The molecule has 2 aliphatic rings. The summed E-state index contributed by atoms with van der Waals surface area (Å²) in [6.07, 6.45) is 3.08. The van der Waals surface area contributed by atoms with Crippen LogP contribution in [0.3, 0.4) is 0 Å². The van der Waals surface area contributed by atoms with Crippen LogP contribution in [0.2, 0.25) is 0 Å². The van der Waals surface area contributed by atoms with Crippen LogP contribution in [0, 0.1) is 0 Å². The van der Waals surface area contributed by atoms with Crippen molar-refractivity contribution in [2.75, 3.05) is 25.0 Å². The highest BCUT2D eigenvalue weighted by Crippen LogP contribution is 2.38. The van der Waals surface area contributed by atoms with Crippen molar-refractivity contribution in [2.45, 2.75) is 38.2 Å². The standard InChI is InChI=1S/C19H23N3O2S/c1-13-12-22(10-11-24-13)18(23)15-8-5-9-16-17(15)21-19(25-16)20-14-6-3-2-4-7-14/h2-4,6-7,13,15H,5,8-12H2,1H3,(H,20,21)/t13-,15?/m1/s1. The highest BCUT2D eigenvalue weighted by molar-refractivity contribution is 7.15. The SMILES string of the molecule is C[C@@H]1CN(C(=O)C2CCCc3sc(Nc4ccccc4)nc32)CCO1. The first-order chi connectivity index (χ1) is 12.2. The molecule has 2 aromatic rings. The number of amides is 1. The number of hydrogen-bond acceptors (Lipinski definition) is 5. The van der Waals surface area contributed by atoms with Crippen LogP contribution in [-0.2, 0) is 16.0 Å². The lowest BCUT2D eigenvalue weighted by molar-refractivity contribution is -0.140. The maximum Gasteiger partial charge on any atom is 0.231 e. The molecule has 0 saturated carbocycles. The summed E-state index contributed by atoms with van der Waals surface area (Å²) in [7, 11) is 0. The monoisotopic (exact) mass is 357 g/mol. The second-order valence-electron chi connectivity index (χ2n) is 6.73. The Bertz CT molecular complexity index is 746. The van der Waals surface area contributed by atoms with Gasteiger partial charge < -0.3 is 15.0 Å². The number of para-hydroxylation sites is 1. The van der Waals surface area contributed by atoms with Crippen LogP contribution >= 0.6 is 11.3 Å². The Labute approximate surface area is 152 Å². The summed E-state index contributed by atoms with van der Waals surface area (Å²) in [5.74, 6) is 0.115. The largest absolute Gasteiger partial charge is 0.375 e. The normalized spacial score (nSPS) is 23.2. The Morgan fingerprint density at radius 3 is 3.00 bits per heavy atom. The van der Waals surface area contributed by atoms with Crippen molar-refractivity contribution in [1.82, 2.24) is 9.88 Å². The van der Waals surface area contributed by atoms with E-state index in [4.69, 9.17) is 9.72 Å². The molecule has 0 radical (unpaired) electrons. The van der Waals surface area contributed by atoms with Gasteiger partial charge in [-0.2, -0.15) is 0 Å². The number of nitrogens with one attached hydrogen (secondary N) is 1. The van der Waals surface area contributed by atoms with E-state index in [9.17, 15) is 4.79 Å². The molecule has 2 atom stereocenters. The molecule has 25 heavy (non-hydrogen) atoms. The topological polar surface area (TPSA) is 54.5 Å². The summed E-state index contributed by atoms with van der Waals surface area (Å²) in [4.78, 5) is 21.0. The minimum Gasteiger partial charge on any atom is -0.375 e. The molecule has 4 rings (SSSR count). The first-order valence-electron chi connectivity index (χ1n) is 8.93. The molecule has 1 fully saturated rings. The van der Waals surface area contributed by atoms with Crippen molar-refractivity contribution in [3.63, 3.8) is 0 Å². The van der Waals surface area contributed by atoms with Crippen LogP contribution in [0.25, 0.3) is 0 Å². The van der Waals surface area contributed by atoms with E-state index in [0.717, 1.165) is 35.8 Å². The van der Waals surface area contributed by atoms with Gasteiger partial charge in [0.1, 0.15) is 0 Å². The highest BCUT2D eigenvalue weighted by Gasteiger charge is 2.34. The number of thiazole rings is 1. The van der Waals surface area contributed by atoms with E-state index in [2.05, 4.69) is 5.32 Å². The van der Waals surface area contributed by atoms with E-state index in [1.165, 1.54) is 4.88 Å². The van der Waals surface area contributed by atoms with Crippen LogP contribution < -0.4 is 5.32 Å². The van der Waals surface area contributed by atoms with Crippen molar-refractivity contribution in [1.29, 1.82) is 0 Å². The number of aromatic nitrogens is 1. The number of benzene rings is 1. The molecular formula is C19H23N3O2S. The lowest BCUT2D eigenvalue weighted by Gasteiger charge is -2.34. The molecule has 5 nitrogen and oxygen atoms in total. The van der Waals surface area contributed by atoms with Crippen LogP contribution in [0.5, 0.6) is 0 Å². The van der Waals surface area contributed by atoms with Gasteiger partial charge in [0.05, 0.1) is 24.3 Å². The maximum absolute atomic E-state index is 13.0. The summed E-state index contributed by atoms with van der Waals surface area (Å²) in [6, 6.07) is 10.1. The maximum atomic E-state index is 13.0. The van der Waals surface area contributed by atoms with Gasteiger partial charge >= 0.3 is 0 Å². The zero-order chi connectivity index (χ0) is 17.2. The first-order valence-corrected chi connectivity index (χ1v) is 9.74. The van der Waals surface area contributed by atoms with Gasteiger partial charge in [-0.25, -0.2) is 4.98 Å². The summed E-state index contributed by atoms with van der Waals surface area (Å²) < 4.78 is 5.57. The van der Waals surface area contributed by atoms with Crippen molar-refractivity contribution >= 4 is 28.1 Å². The smallest absolute Gasteiger partial charge is 0.231 e. The fourth-order valence-corrected chi connectivity index (χ4v) is 4.68. The van der Waals surface area contributed by atoms with Crippen LogP contribution in [0.15, 0.2) is 30.3 Å². The first kappa shape index (κ1) is 16.5. The molecule has 0 bridgehead atoms. The number of ether oxygens (including phenoxy) is 1. The van der Waals surface area contributed by atoms with E-state index < -0.39 is 0 Å². The Balaban J connectivity index is 1.54. The minimum atomic E-state index is -0.100. The summed E-state index contributed by atoms with van der Waals surface area (Å²) in [5, 5.41) is 4.25. The molecule has 132 valence electrons. The Morgan fingerprint density at radius 1 is 1.36 bits per heavy atom. The molecule has 6 heteroatoms. The average Bonchev–Trinajstić information content (AvgIpc) is 3.04.